The number of pyridine rings is 5. The van der Waals surface area contributed by atoms with Crippen molar-refractivity contribution in [1.29, 1.82) is 0 Å². The molecule has 0 aliphatic rings. The molecule has 0 aliphatic carbocycles. The maximum Gasteiger partial charge on any atom is 0.295 e. The summed E-state index contributed by atoms with van der Waals surface area (Å²) in [5, 5.41) is 0. The predicted octanol–water partition coefficient (Wildman–Crippen LogP) is 28.7. The Morgan fingerprint density at radius 1 is 0.285 bits per heavy atom. The minimum Gasteiger partial charge on any atom is -0.225 e. The van der Waals surface area contributed by atoms with Crippen LogP contribution < -0.4 is 27.4 Å². The van der Waals surface area contributed by atoms with Crippen molar-refractivity contribution in [2.24, 2.45) is 77.8 Å². The van der Waals surface area contributed by atoms with Crippen LogP contribution in [0.5, 0.6) is 0 Å². The number of hydrogen-bond acceptors (Lipinski definition) is 0. The Balaban J connectivity index is 0.000000191. The van der Waals surface area contributed by atoms with Gasteiger partial charge < -0.3 is 0 Å². The Hall–Kier alpha value is -11.0. The van der Waals surface area contributed by atoms with Crippen molar-refractivity contribution in [2.75, 3.05) is 0 Å². The summed E-state index contributed by atoms with van der Waals surface area (Å²) >= 11 is 0. The summed E-state index contributed by atoms with van der Waals surface area (Å²) in [6, 6.07) is 73.6. The average molecular weight is 1750 g/mol. The highest BCUT2D eigenvalue weighted by Crippen LogP contribution is 2.40. The highest BCUT2D eigenvalue weighted by molar-refractivity contribution is 5.81. The molecule has 0 aliphatic heterocycles. The summed E-state index contributed by atoms with van der Waals surface area (Å²) in [5.41, 5.74) is 37.2. The summed E-state index contributed by atoms with van der Waals surface area (Å²) in [4.78, 5) is 0. The van der Waals surface area contributed by atoms with Gasteiger partial charge in [-0.2, -0.15) is 4.57 Å². The standard InChI is InChI=1S/C30H37N2.C21H30N.4C18H24N/c1-19(2)23-17-25(20(3)4)29(26(18-23)21(5)6)32-28-16-12-11-15-27(28)31(8)30(32)24-14-10-9-13-22(24)7;1-15(2)11-18-13-21(20-10-8-7-9-17(20)5)22(6)14-19(18)12-16(3)4;2*1-13(2)10-16-7-9-18(19(5)12-16)17-8-6-14(3)11-15(17)4;2*1-13(2)10-16-12-19(5)18(11-15(16)4)17-9-7-6-8-14(17)3/h9-21H,1-8H3;7-10,13-16H,11-12H2,1-6H3;4*6-9,11-13H,10H2,1-5H3/q6*+1/i;11D2,12D2;3D3,10D2;;10D2;. The summed E-state index contributed by atoms with van der Waals surface area (Å²) in [7, 11) is 12.3. The lowest BCUT2D eigenvalue weighted by Crippen LogP contribution is -2.32. The molecule has 14 aromatic rings. The zero-order valence-corrected chi connectivity index (χ0v) is 85.3. The monoisotopic (exact) mass is 1750 g/mol. The molecule has 0 atom stereocenters. The normalized spacial score (nSPS) is 13.1. The van der Waals surface area contributed by atoms with Crippen LogP contribution in [-0.4, -0.2) is 4.57 Å². The van der Waals surface area contributed by atoms with Crippen LogP contribution in [0.25, 0.3) is 84.4 Å². The Morgan fingerprint density at radius 3 is 1.08 bits per heavy atom. The lowest BCUT2D eigenvalue weighted by molar-refractivity contribution is -0.661. The van der Waals surface area contributed by atoms with Crippen LogP contribution in [0.2, 0.25) is 0 Å². The van der Waals surface area contributed by atoms with Crippen molar-refractivity contribution < 1.29 is 42.5 Å². The van der Waals surface area contributed by atoms with E-state index in [-0.39, 0.29) is 23.7 Å². The molecular formula is C123H163N7+6. The molecule has 130 heavy (non-hydrogen) atoms. The molecule has 7 nitrogen and oxygen atoms in total. The van der Waals surface area contributed by atoms with Gasteiger partial charge >= 0.3 is 0 Å². The zero-order chi connectivity index (χ0) is 105. The second kappa shape index (κ2) is 47.2. The van der Waals surface area contributed by atoms with Crippen molar-refractivity contribution in [3.8, 4) is 73.4 Å². The van der Waals surface area contributed by atoms with Crippen molar-refractivity contribution >= 4 is 11.0 Å². The Kier molecular flexibility index (Phi) is 31.6. The third kappa shape index (κ3) is 27.3. The molecule has 6 heterocycles. The average Bonchev–Trinajstić information content (AvgIpc) is 1.56. The van der Waals surface area contributed by atoms with E-state index in [0.29, 0.717) is 51.8 Å². The largest absolute Gasteiger partial charge is 0.295 e. The van der Waals surface area contributed by atoms with Gasteiger partial charge in [0.1, 0.15) is 40.9 Å². The van der Waals surface area contributed by atoms with Gasteiger partial charge in [0, 0.05) is 112 Å². The van der Waals surface area contributed by atoms with Crippen molar-refractivity contribution in [3.05, 3.63) is 349 Å². The summed E-state index contributed by atoms with van der Waals surface area (Å²) < 4.78 is 105. The summed E-state index contributed by atoms with van der Waals surface area (Å²) in [5.74, 6) is 3.31. The number of rotatable bonds is 22. The van der Waals surface area contributed by atoms with Gasteiger partial charge in [-0.1, -0.05) is 257 Å². The highest BCUT2D eigenvalue weighted by Gasteiger charge is 2.33. The molecule has 0 fully saturated rings. The SMILES string of the molecule is Cc1cc(-c2ccccc2C)[n+](C)cc1CC(C)C.Cc1ccc(-c2ccc(CC(C)C)c[n+]2C)c(C)c1.Cc1ccccc1-c1n(-c2c(C(C)C)cc(C(C)C)cc2C(C)C)c2ccccc2[n+]1C.[2H]C([2H])([2H])c1ccc(-c2ccc(C([2H])([2H])C(C)C)c[n+]2C)c(C)c1.[2H]C([2H])(c1c[n+](C)c(-c2ccccc2C)cc1C)C(C)C.[2H]C([2H])(c1cc(-c2ccccc2C)[n+](C)cc1C([2H])([2H])C(C)C)C(C)C. The van der Waals surface area contributed by atoms with Crippen LogP contribution in [0, 0.1) is 105 Å². The Labute approximate surface area is 803 Å². The molecule has 0 spiro atoms. The smallest absolute Gasteiger partial charge is 0.225 e. The summed E-state index contributed by atoms with van der Waals surface area (Å²) in [6.07, 6.45) is 6.42. The minimum absolute atomic E-state index is 0.0551. The number of aryl methyl sites for hydroxylation is 16. The molecule has 0 radical (unpaired) electrons. The third-order valence-corrected chi connectivity index (χ3v) is 23.9. The van der Waals surface area contributed by atoms with Gasteiger partial charge in [-0.25, -0.2) is 27.4 Å². The molecule has 0 bridgehead atoms. The molecular weight excluding hydrogens is 1580 g/mol. The quantitative estimate of drug-likeness (QED) is 0.0605. The second-order valence-corrected chi connectivity index (χ2v) is 39.1. The topological polar surface area (TPSA) is 28.2 Å². The molecule has 0 saturated heterocycles. The van der Waals surface area contributed by atoms with Gasteiger partial charge in [0.25, 0.3) is 5.82 Å². The van der Waals surface area contributed by atoms with Gasteiger partial charge in [0.15, 0.2) is 42.0 Å². The molecule has 7 heteroatoms. The number of benzene rings is 8. The Bertz CT molecular complexity index is 6650. The number of nitrogens with zero attached hydrogens (tertiary/aromatic N) is 7. The van der Waals surface area contributed by atoms with E-state index in [1.165, 1.54) is 117 Å². The maximum atomic E-state index is 8.66. The number of aromatic nitrogens is 7. The molecule has 684 valence electrons. The predicted molar refractivity (Wildman–Crippen MR) is 556 cm³/mol. The molecule has 6 aromatic heterocycles. The van der Waals surface area contributed by atoms with Gasteiger partial charge in [0.05, 0.1) is 12.6 Å². The van der Waals surface area contributed by atoms with E-state index in [0.717, 1.165) is 63.3 Å². The lowest BCUT2D eigenvalue weighted by Gasteiger charge is -2.21. The Morgan fingerprint density at radius 2 is 0.654 bits per heavy atom. The fourth-order valence-electron chi connectivity index (χ4n) is 17.3. The van der Waals surface area contributed by atoms with Crippen LogP contribution >= 0.6 is 0 Å². The van der Waals surface area contributed by atoms with Gasteiger partial charge in [-0.05, 0) is 277 Å². The van der Waals surface area contributed by atoms with E-state index in [4.69, 9.17) is 15.1 Å². The second-order valence-electron chi connectivity index (χ2n) is 39.1. The van der Waals surface area contributed by atoms with Crippen LogP contribution in [0.3, 0.4) is 0 Å². The van der Waals surface area contributed by atoms with E-state index in [1.807, 2.05) is 184 Å². The van der Waals surface area contributed by atoms with Gasteiger partial charge in [0.2, 0.25) is 28.5 Å². The number of para-hydroxylation sites is 2. The molecule has 8 aromatic carbocycles. The van der Waals surface area contributed by atoms with E-state index < -0.39 is 32.3 Å². The molecule has 14 rings (SSSR count). The van der Waals surface area contributed by atoms with Crippen molar-refractivity contribution in [1.82, 2.24) is 4.57 Å². The number of imidazole rings is 1. The first-order valence-electron chi connectivity index (χ1n) is 52.9. The first kappa shape index (κ1) is 87.0. The van der Waals surface area contributed by atoms with E-state index >= 15 is 0 Å². The van der Waals surface area contributed by atoms with Crippen LogP contribution in [-0.2, 0) is 80.6 Å². The fourth-order valence-corrected chi connectivity index (χ4v) is 17.3. The minimum atomic E-state index is -2.11. The van der Waals surface area contributed by atoms with E-state index in [2.05, 4.69) is 302 Å². The van der Waals surface area contributed by atoms with Crippen LogP contribution in [0.1, 0.15) is 263 Å². The fraction of sp³-hybridized carbons (Fsp3) is 0.398. The molecule has 0 unspecified atom stereocenters. The van der Waals surface area contributed by atoms with Gasteiger partial charge in [-0.15, -0.1) is 0 Å². The van der Waals surface area contributed by atoms with E-state index in [1.54, 1.807) is 18.3 Å². The number of fused-ring (bicyclic) bond motifs is 1. The third-order valence-electron chi connectivity index (χ3n) is 23.9. The van der Waals surface area contributed by atoms with E-state index in [9.17, 15) is 0 Å². The first-order chi connectivity index (χ1) is 65.8. The molecule has 0 amide bonds. The molecule has 0 saturated carbocycles. The van der Waals surface area contributed by atoms with Crippen molar-refractivity contribution in [3.63, 3.8) is 0 Å². The molecule has 0 N–H and O–H groups in total. The maximum absolute atomic E-state index is 8.66. The zero-order valence-electron chi connectivity index (χ0n) is 96.3. The lowest BCUT2D eigenvalue weighted by atomic mass is 9.87. The van der Waals surface area contributed by atoms with Crippen LogP contribution in [0.4, 0.5) is 0 Å². The number of hydrogen-bond donors (Lipinski definition) is 0. The van der Waals surface area contributed by atoms with Gasteiger partial charge in [-0.3, -0.25) is 0 Å². The van der Waals surface area contributed by atoms with Crippen molar-refractivity contribution in [2.45, 2.75) is 250 Å². The summed E-state index contributed by atoms with van der Waals surface area (Å²) in [6.45, 7) is 54.8. The van der Waals surface area contributed by atoms with Crippen LogP contribution in [0.15, 0.2) is 243 Å². The first-order valence-corrected chi connectivity index (χ1v) is 47.4. The highest BCUT2D eigenvalue weighted by atomic mass is 15.2.